The van der Waals surface area contributed by atoms with E-state index < -0.39 is 0 Å². The van der Waals surface area contributed by atoms with Crippen LogP contribution in [-0.2, 0) is 6.42 Å². The maximum Gasteiger partial charge on any atom is 0.189 e. The van der Waals surface area contributed by atoms with Gasteiger partial charge in [0, 0.05) is 30.0 Å². The number of benzene rings is 1. The van der Waals surface area contributed by atoms with Crippen LogP contribution >= 0.6 is 12.4 Å². The molecule has 1 aliphatic carbocycles. The normalized spacial score (nSPS) is 14.5. The summed E-state index contributed by atoms with van der Waals surface area (Å²) in [5, 5.41) is 0. The molecule has 114 valence electrons. The summed E-state index contributed by atoms with van der Waals surface area (Å²) in [5.74, 6) is 1.27. The number of ether oxygens (including phenoxy) is 2. The minimum absolute atomic E-state index is 0. The topological polar surface area (TPSA) is 48.4 Å². The molecular weight excluding hydrogens is 302 g/mol. The molecule has 1 aliphatic rings. The van der Waals surface area contributed by atoms with Crippen LogP contribution in [-0.4, -0.2) is 25.0 Å². The molecule has 1 aromatic heterocycles. The second kappa shape index (κ2) is 6.62. The molecule has 3 rings (SSSR count). The van der Waals surface area contributed by atoms with Crippen LogP contribution in [0.25, 0.3) is 6.08 Å². The molecule has 4 nitrogen and oxygen atoms in total. The molecule has 5 heteroatoms. The summed E-state index contributed by atoms with van der Waals surface area (Å²) < 4.78 is 10.5. The molecule has 0 saturated heterocycles. The molecule has 0 amide bonds. The van der Waals surface area contributed by atoms with Gasteiger partial charge in [-0.05, 0) is 41.5 Å². The van der Waals surface area contributed by atoms with Gasteiger partial charge in [-0.3, -0.25) is 9.78 Å². The third kappa shape index (κ3) is 2.83. The summed E-state index contributed by atoms with van der Waals surface area (Å²) >= 11 is 0. The quantitative estimate of drug-likeness (QED) is 0.815. The Morgan fingerprint density at radius 2 is 1.73 bits per heavy atom. The maximum absolute atomic E-state index is 12.5. The Hall–Kier alpha value is -2.33. The van der Waals surface area contributed by atoms with E-state index in [1.807, 2.05) is 24.3 Å². The van der Waals surface area contributed by atoms with Gasteiger partial charge in [-0.15, -0.1) is 12.4 Å². The van der Waals surface area contributed by atoms with E-state index in [0.717, 1.165) is 16.7 Å². The summed E-state index contributed by atoms with van der Waals surface area (Å²) in [4.78, 5) is 16.5. The molecule has 1 aromatic carbocycles. The zero-order chi connectivity index (χ0) is 14.8. The Labute approximate surface area is 135 Å². The van der Waals surface area contributed by atoms with Gasteiger partial charge in [0.25, 0.3) is 0 Å². The average molecular weight is 318 g/mol. The molecule has 0 fully saturated rings. The van der Waals surface area contributed by atoms with Crippen molar-refractivity contribution in [2.75, 3.05) is 14.2 Å². The molecule has 0 N–H and O–H groups in total. The van der Waals surface area contributed by atoms with E-state index >= 15 is 0 Å². The van der Waals surface area contributed by atoms with Crippen molar-refractivity contribution in [1.29, 1.82) is 0 Å². The Morgan fingerprint density at radius 1 is 1.09 bits per heavy atom. The predicted molar refractivity (Wildman–Crippen MR) is 87.0 cm³/mol. The van der Waals surface area contributed by atoms with Crippen LogP contribution in [0.1, 0.15) is 21.5 Å². The molecule has 0 aliphatic heterocycles. The SMILES string of the molecule is COc1cc2c(cc1OC)C(=O)/C(=C\c1ccncc1)C2.Cl. The predicted octanol–water partition coefficient (Wildman–Crippen LogP) is 3.34. The number of carbonyl (C=O) groups is 1. The summed E-state index contributed by atoms with van der Waals surface area (Å²) in [6.45, 7) is 0. The molecule has 0 atom stereocenters. The number of fused-ring (bicyclic) bond motifs is 1. The van der Waals surface area contributed by atoms with E-state index in [9.17, 15) is 4.79 Å². The number of aromatic nitrogens is 1. The number of carbonyl (C=O) groups excluding carboxylic acids is 1. The highest BCUT2D eigenvalue weighted by Gasteiger charge is 2.27. The van der Waals surface area contributed by atoms with Gasteiger partial charge in [-0.2, -0.15) is 0 Å². The Bertz CT molecular complexity index is 726. The van der Waals surface area contributed by atoms with Crippen molar-refractivity contribution in [2.45, 2.75) is 6.42 Å². The second-order valence-electron chi connectivity index (χ2n) is 4.82. The number of halogens is 1. The van der Waals surface area contributed by atoms with E-state index in [0.29, 0.717) is 23.5 Å². The fraction of sp³-hybridized carbons (Fsp3) is 0.176. The van der Waals surface area contributed by atoms with Crippen molar-refractivity contribution in [3.05, 3.63) is 58.9 Å². The third-order valence-electron chi connectivity index (χ3n) is 3.57. The van der Waals surface area contributed by atoms with Crippen molar-refractivity contribution in [3.8, 4) is 11.5 Å². The first-order chi connectivity index (χ1) is 10.2. The van der Waals surface area contributed by atoms with Crippen LogP contribution in [0.5, 0.6) is 11.5 Å². The largest absolute Gasteiger partial charge is 0.493 e. The summed E-state index contributed by atoms with van der Waals surface area (Å²) in [6.07, 6.45) is 5.94. The second-order valence-corrected chi connectivity index (χ2v) is 4.82. The summed E-state index contributed by atoms with van der Waals surface area (Å²) in [5.41, 5.74) is 3.40. The van der Waals surface area contributed by atoms with Crippen LogP contribution < -0.4 is 9.47 Å². The fourth-order valence-electron chi connectivity index (χ4n) is 2.51. The first kappa shape index (κ1) is 16.0. The molecular formula is C17H16ClNO3. The number of ketones is 1. The van der Waals surface area contributed by atoms with Gasteiger partial charge in [0.05, 0.1) is 14.2 Å². The van der Waals surface area contributed by atoms with E-state index in [2.05, 4.69) is 4.98 Å². The molecule has 0 radical (unpaired) electrons. The molecule has 0 bridgehead atoms. The minimum Gasteiger partial charge on any atom is -0.493 e. The van der Waals surface area contributed by atoms with Crippen molar-refractivity contribution >= 4 is 24.3 Å². The molecule has 0 spiro atoms. The van der Waals surface area contributed by atoms with Crippen molar-refractivity contribution < 1.29 is 14.3 Å². The van der Waals surface area contributed by atoms with E-state index in [1.165, 1.54) is 0 Å². The highest BCUT2D eigenvalue weighted by Crippen LogP contribution is 2.36. The molecule has 1 heterocycles. The van der Waals surface area contributed by atoms with Gasteiger partial charge >= 0.3 is 0 Å². The highest BCUT2D eigenvalue weighted by atomic mass is 35.5. The average Bonchev–Trinajstić information content (AvgIpc) is 2.82. The van der Waals surface area contributed by atoms with Crippen LogP contribution in [0, 0.1) is 0 Å². The minimum atomic E-state index is 0. The van der Waals surface area contributed by atoms with Gasteiger partial charge in [-0.1, -0.05) is 0 Å². The molecule has 22 heavy (non-hydrogen) atoms. The van der Waals surface area contributed by atoms with Gasteiger partial charge in [-0.25, -0.2) is 0 Å². The number of nitrogens with zero attached hydrogens (tertiary/aromatic N) is 1. The smallest absolute Gasteiger partial charge is 0.189 e. The Balaban J connectivity index is 0.00000176. The zero-order valence-corrected chi connectivity index (χ0v) is 13.1. The number of rotatable bonds is 3. The van der Waals surface area contributed by atoms with Crippen molar-refractivity contribution in [2.24, 2.45) is 0 Å². The monoisotopic (exact) mass is 317 g/mol. The summed E-state index contributed by atoms with van der Waals surface area (Å²) in [6, 6.07) is 7.39. The van der Waals surface area contributed by atoms with E-state index in [1.54, 1.807) is 32.7 Å². The van der Waals surface area contributed by atoms with E-state index in [-0.39, 0.29) is 18.2 Å². The van der Waals surface area contributed by atoms with Gasteiger partial charge in [0.1, 0.15) is 0 Å². The first-order valence-corrected chi connectivity index (χ1v) is 6.63. The van der Waals surface area contributed by atoms with Gasteiger partial charge < -0.3 is 9.47 Å². The zero-order valence-electron chi connectivity index (χ0n) is 12.3. The van der Waals surface area contributed by atoms with Crippen LogP contribution in [0.3, 0.4) is 0 Å². The maximum atomic E-state index is 12.5. The molecule has 0 saturated carbocycles. The fourth-order valence-corrected chi connectivity index (χ4v) is 2.51. The molecule has 0 unspecified atom stereocenters. The first-order valence-electron chi connectivity index (χ1n) is 6.63. The number of Topliss-reactive ketones (excluding diaryl/α,β-unsaturated/α-hetero) is 1. The Morgan fingerprint density at radius 3 is 2.36 bits per heavy atom. The van der Waals surface area contributed by atoms with Crippen LogP contribution in [0.2, 0.25) is 0 Å². The summed E-state index contributed by atoms with van der Waals surface area (Å²) in [7, 11) is 3.16. The lowest BCUT2D eigenvalue weighted by molar-refractivity contribution is 0.104. The van der Waals surface area contributed by atoms with Crippen molar-refractivity contribution in [3.63, 3.8) is 0 Å². The number of hydrogen-bond donors (Lipinski definition) is 0. The number of methoxy groups -OCH3 is 2. The molecule has 2 aromatic rings. The standard InChI is InChI=1S/C17H15NO3.ClH/c1-20-15-9-12-8-13(7-11-3-5-18-6-4-11)17(19)14(12)10-16(15)21-2;/h3-7,9-10H,8H2,1-2H3;1H/b13-7-;. The Kier molecular flexibility index (Phi) is 4.83. The lowest BCUT2D eigenvalue weighted by atomic mass is 10.1. The lowest BCUT2D eigenvalue weighted by Gasteiger charge is -2.08. The number of allylic oxidation sites excluding steroid dienone is 1. The highest BCUT2D eigenvalue weighted by molar-refractivity contribution is 6.15. The van der Waals surface area contributed by atoms with Crippen molar-refractivity contribution in [1.82, 2.24) is 4.98 Å². The number of pyridine rings is 1. The van der Waals surface area contributed by atoms with Crippen LogP contribution in [0.15, 0.2) is 42.2 Å². The van der Waals surface area contributed by atoms with Crippen LogP contribution in [0.4, 0.5) is 0 Å². The lowest BCUT2D eigenvalue weighted by Crippen LogP contribution is -1.97. The van der Waals surface area contributed by atoms with Gasteiger partial charge in [0.2, 0.25) is 0 Å². The van der Waals surface area contributed by atoms with E-state index in [4.69, 9.17) is 9.47 Å². The van der Waals surface area contributed by atoms with Gasteiger partial charge in [0.15, 0.2) is 17.3 Å². The third-order valence-corrected chi connectivity index (χ3v) is 3.57. The number of hydrogen-bond acceptors (Lipinski definition) is 4.